The van der Waals surface area contributed by atoms with E-state index in [1.54, 1.807) is 43.5 Å². The molecule has 176 valence electrons. The van der Waals surface area contributed by atoms with E-state index in [-0.39, 0.29) is 12.3 Å². The number of rotatable bonds is 11. The second kappa shape index (κ2) is 12.1. The first-order valence-electron chi connectivity index (χ1n) is 10.9. The Morgan fingerprint density at radius 1 is 1.18 bits per heavy atom. The molecule has 0 radical (unpaired) electrons. The van der Waals surface area contributed by atoms with Gasteiger partial charge in [-0.25, -0.2) is 0 Å². The lowest BCUT2D eigenvalue weighted by atomic mass is 10.1. The monoisotopic (exact) mass is 477 g/mol. The van der Waals surface area contributed by atoms with Crippen LogP contribution in [0, 0.1) is 11.8 Å². The van der Waals surface area contributed by atoms with Crippen molar-refractivity contribution in [2.45, 2.75) is 36.0 Å². The highest BCUT2D eigenvalue weighted by atomic mass is 32.2. The molecule has 1 heterocycles. The maximum Gasteiger partial charge on any atom is 0.260 e. The number of fused-ring (bicyclic) bond motifs is 1. The molecule has 0 aliphatic rings. The average Bonchev–Trinajstić information content (AvgIpc) is 2.84. The van der Waals surface area contributed by atoms with E-state index in [2.05, 4.69) is 22.1 Å². The van der Waals surface area contributed by atoms with Crippen LogP contribution in [0.3, 0.4) is 0 Å². The molecule has 3 aromatic rings. The maximum atomic E-state index is 12.4. The summed E-state index contributed by atoms with van der Waals surface area (Å²) < 4.78 is 5.47. The van der Waals surface area contributed by atoms with Crippen LogP contribution in [0.15, 0.2) is 65.7 Å². The number of primary amides is 1. The first-order valence-corrected chi connectivity index (χ1v) is 11.7. The summed E-state index contributed by atoms with van der Waals surface area (Å²) in [5.74, 6) is 5.19. The number of amides is 2. The van der Waals surface area contributed by atoms with Crippen molar-refractivity contribution in [2.24, 2.45) is 5.73 Å². The lowest BCUT2D eigenvalue weighted by molar-refractivity contribution is -0.128. The van der Waals surface area contributed by atoms with Crippen LogP contribution in [-0.2, 0) is 4.79 Å². The number of nitrogens with zero attached hydrogens (tertiary/aromatic N) is 1. The molecular weight excluding hydrogens is 450 g/mol. The first-order chi connectivity index (χ1) is 16.4. The molecule has 2 amide bonds. The Bertz CT molecular complexity index is 1200. The number of thioether (sulfide) groups is 1. The molecule has 1 atom stereocenters. The molecule has 4 N–H and O–H groups in total. The van der Waals surface area contributed by atoms with E-state index in [0.29, 0.717) is 42.2 Å². The van der Waals surface area contributed by atoms with E-state index < -0.39 is 10.8 Å². The quantitative estimate of drug-likeness (QED) is 0.169. The minimum atomic E-state index is -1.75. The number of para-hydroxylation sites is 1. The summed E-state index contributed by atoms with van der Waals surface area (Å²) in [5, 5.41) is 14.6. The Morgan fingerprint density at radius 3 is 2.68 bits per heavy atom. The number of aromatic nitrogens is 1. The first kappa shape index (κ1) is 25.1. The highest BCUT2D eigenvalue weighted by molar-refractivity contribution is 8.01. The normalized spacial score (nSPS) is 12.3. The Hall–Kier alpha value is -3.54. The van der Waals surface area contributed by atoms with Crippen LogP contribution in [0.4, 0.5) is 0 Å². The minimum Gasteiger partial charge on any atom is -0.481 e. The van der Waals surface area contributed by atoms with Crippen molar-refractivity contribution in [3.63, 3.8) is 0 Å². The molecule has 0 saturated heterocycles. The fourth-order valence-electron chi connectivity index (χ4n) is 3.20. The third-order valence-electron chi connectivity index (χ3n) is 5.06. The summed E-state index contributed by atoms with van der Waals surface area (Å²) in [5.41, 5.74) is 6.80. The standard InChI is InChI=1S/C26H27N3O4S/c1-2-3-16-33-21-10-12-22(13-11-21)34-26(32,25(27)31)14-6-7-15-28-24(30)20-17-19-8-4-5-9-23(19)29-18-20/h4-5,8-13,17-18,32H,6-7,14-16H2,1H3,(H2,27,31)(H,28,30). The number of unbranched alkanes of at least 4 members (excludes halogenated alkanes) is 1. The van der Waals surface area contributed by atoms with Crippen LogP contribution in [0.5, 0.6) is 5.75 Å². The number of hydrogen-bond acceptors (Lipinski definition) is 6. The van der Waals surface area contributed by atoms with Crippen molar-refractivity contribution in [3.8, 4) is 17.6 Å². The second-order valence-electron chi connectivity index (χ2n) is 7.57. The van der Waals surface area contributed by atoms with E-state index in [4.69, 9.17) is 10.5 Å². The lowest BCUT2D eigenvalue weighted by Crippen LogP contribution is -2.40. The molecule has 0 aliphatic carbocycles. The van der Waals surface area contributed by atoms with Gasteiger partial charge in [-0.3, -0.25) is 14.6 Å². The van der Waals surface area contributed by atoms with Gasteiger partial charge in [0.1, 0.15) is 12.4 Å². The second-order valence-corrected chi connectivity index (χ2v) is 8.92. The Labute approximate surface area is 203 Å². The third-order valence-corrected chi connectivity index (χ3v) is 6.31. The van der Waals surface area contributed by atoms with Crippen LogP contribution in [0.1, 0.15) is 36.5 Å². The van der Waals surface area contributed by atoms with E-state index >= 15 is 0 Å². The molecule has 1 aromatic heterocycles. The Morgan fingerprint density at radius 2 is 1.94 bits per heavy atom. The molecule has 34 heavy (non-hydrogen) atoms. The van der Waals surface area contributed by atoms with Crippen molar-refractivity contribution < 1.29 is 19.4 Å². The van der Waals surface area contributed by atoms with Crippen molar-refractivity contribution in [2.75, 3.05) is 13.2 Å². The smallest absolute Gasteiger partial charge is 0.260 e. The topological polar surface area (TPSA) is 115 Å². The number of nitrogens with one attached hydrogen (secondary N) is 1. The van der Waals surface area contributed by atoms with Gasteiger partial charge in [-0.05, 0) is 62.6 Å². The summed E-state index contributed by atoms with van der Waals surface area (Å²) in [6.07, 6.45) is 2.78. The number of ether oxygens (including phenoxy) is 1. The predicted molar refractivity (Wildman–Crippen MR) is 133 cm³/mol. The van der Waals surface area contributed by atoms with Crippen molar-refractivity contribution in [3.05, 3.63) is 66.4 Å². The highest BCUT2D eigenvalue weighted by Gasteiger charge is 2.34. The maximum absolute atomic E-state index is 12.4. The third kappa shape index (κ3) is 6.98. The summed E-state index contributed by atoms with van der Waals surface area (Å²) in [4.78, 5) is 27.6. The van der Waals surface area contributed by atoms with E-state index in [1.165, 1.54) is 0 Å². The molecule has 2 aromatic carbocycles. The molecular formula is C26H27N3O4S. The zero-order valence-corrected chi connectivity index (χ0v) is 19.7. The predicted octanol–water partition coefficient (Wildman–Crippen LogP) is 3.50. The molecule has 8 heteroatoms. The SMILES string of the molecule is CC#CCOc1ccc(SC(O)(CCCCNC(=O)c2cnc3ccccc3c2)C(N)=O)cc1. The molecule has 0 aliphatic heterocycles. The van der Waals surface area contributed by atoms with E-state index in [0.717, 1.165) is 22.7 Å². The van der Waals surface area contributed by atoms with Gasteiger partial charge in [-0.1, -0.05) is 35.9 Å². The van der Waals surface area contributed by atoms with Crippen molar-refractivity contribution in [1.29, 1.82) is 0 Å². The van der Waals surface area contributed by atoms with Crippen LogP contribution in [0.25, 0.3) is 10.9 Å². The Kier molecular flexibility index (Phi) is 8.91. The molecule has 0 bridgehead atoms. The van der Waals surface area contributed by atoms with Gasteiger partial charge >= 0.3 is 0 Å². The Balaban J connectivity index is 1.47. The van der Waals surface area contributed by atoms with Crippen LogP contribution < -0.4 is 15.8 Å². The van der Waals surface area contributed by atoms with Gasteiger partial charge in [-0.2, -0.15) is 0 Å². The number of benzene rings is 2. The van der Waals surface area contributed by atoms with Crippen molar-refractivity contribution in [1.82, 2.24) is 10.3 Å². The zero-order valence-electron chi connectivity index (χ0n) is 18.9. The zero-order chi connectivity index (χ0) is 24.4. The number of hydrogen-bond donors (Lipinski definition) is 3. The van der Waals surface area contributed by atoms with E-state index in [1.807, 2.05) is 24.3 Å². The fraction of sp³-hybridized carbons (Fsp3) is 0.269. The number of aliphatic hydroxyl groups is 1. The molecule has 0 fully saturated rings. The van der Waals surface area contributed by atoms with E-state index in [9.17, 15) is 14.7 Å². The van der Waals surface area contributed by atoms with Crippen LogP contribution in [-0.4, -0.2) is 40.0 Å². The fourth-order valence-corrected chi connectivity index (χ4v) is 4.21. The van der Waals surface area contributed by atoms with Gasteiger partial charge < -0.3 is 20.9 Å². The van der Waals surface area contributed by atoms with Crippen LogP contribution in [0.2, 0.25) is 0 Å². The summed E-state index contributed by atoms with van der Waals surface area (Å²) in [6, 6.07) is 16.4. The van der Waals surface area contributed by atoms with Gasteiger partial charge in [0.05, 0.1) is 11.1 Å². The highest BCUT2D eigenvalue weighted by Crippen LogP contribution is 2.35. The van der Waals surface area contributed by atoms with Crippen LogP contribution >= 0.6 is 11.8 Å². The summed E-state index contributed by atoms with van der Waals surface area (Å²) in [6.45, 7) is 2.43. The van der Waals surface area contributed by atoms with Gasteiger partial charge in [0.25, 0.3) is 11.8 Å². The molecule has 0 saturated carbocycles. The minimum absolute atomic E-state index is 0.157. The van der Waals surface area contributed by atoms with Gasteiger partial charge in [0.2, 0.25) is 0 Å². The number of pyridine rings is 1. The number of carbonyl (C=O) groups excluding carboxylic acids is 2. The largest absolute Gasteiger partial charge is 0.481 e. The van der Waals surface area contributed by atoms with Gasteiger partial charge in [0.15, 0.2) is 4.93 Å². The molecule has 3 rings (SSSR count). The lowest BCUT2D eigenvalue weighted by Gasteiger charge is -2.24. The van der Waals surface area contributed by atoms with Gasteiger partial charge in [-0.15, -0.1) is 5.92 Å². The molecule has 1 unspecified atom stereocenters. The number of nitrogens with two attached hydrogens (primary N) is 1. The van der Waals surface area contributed by atoms with Crippen molar-refractivity contribution >= 4 is 34.5 Å². The summed E-state index contributed by atoms with van der Waals surface area (Å²) >= 11 is 1.00. The summed E-state index contributed by atoms with van der Waals surface area (Å²) in [7, 11) is 0. The molecule has 0 spiro atoms. The average molecular weight is 478 g/mol. The molecule has 7 nitrogen and oxygen atoms in total. The van der Waals surface area contributed by atoms with Gasteiger partial charge in [0, 0.05) is 23.0 Å². The number of carbonyl (C=O) groups is 2.